The van der Waals surface area contributed by atoms with Crippen molar-refractivity contribution in [2.75, 3.05) is 16.8 Å². The zero-order valence-corrected chi connectivity index (χ0v) is 18.7. The molecular formula is C23H22F3N5O5. The number of esters is 2. The summed E-state index contributed by atoms with van der Waals surface area (Å²) in [4.78, 5) is 48.8. The molecule has 1 aliphatic rings. The lowest BCUT2D eigenvalue weighted by molar-refractivity contribution is -0.201. The van der Waals surface area contributed by atoms with Crippen LogP contribution in [0.3, 0.4) is 0 Å². The number of amidine groups is 1. The number of hydrogen-bond donors (Lipinski definition) is 4. The van der Waals surface area contributed by atoms with Crippen LogP contribution in [0.1, 0.15) is 24.0 Å². The Morgan fingerprint density at radius 2 is 1.83 bits per heavy atom. The van der Waals surface area contributed by atoms with Crippen molar-refractivity contribution in [2.24, 2.45) is 5.73 Å². The van der Waals surface area contributed by atoms with E-state index in [1.165, 1.54) is 11.0 Å². The maximum Gasteiger partial charge on any atom is 0.491 e. The van der Waals surface area contributed by atoms with Gasteiger partial charge in [0.25, 0.3) is 0 Å². The summed E-state index contributed by atoms with van der Waals surface area (Å²) < 4.78 is 40.2. The summed E-state index contributed by atoms with van der Waals surface area (Å²) in [6, 6.07) is 11.4. The van der Waals surface area contributed by atoms with Gasteiger partial charge in [-0.2, -0.15) is 13.2 Å². The van der Waals surface area contributed by atoms with E-state index in [1.807, 2.05) is 0 Å². The van der Waals surface area contributed by atoms with Gasteiger partial charge in [0.05, 0.1) is 6.42 Å². The number of amides is 3. The summed E-state index contributed by atoms with van der Waals surface area (Å²) in [5.41, 5.74) is 7.39. The molecule has 0 saturated carbocycles. The molecule has 3 rings (SSSR count). The van der Waals surface area contributed by atoms with Crippen LogP contribution in [0.2, 0.25) is 0 Å². The predicted octanol–water partition coefficient (Wildman–Crippen LogP) is 2.46. The van der Waals surface area contributed by atoms with E-state index in [0.717, 1.165) is 0 Å². The molecule has 5 N–H and O–H groups in total. The third kappa shape index (κ3) is 6.81. The second-order valence-electron chi connectivity index (χ2n) is 7.85. The van der Waals surface area contributed by atoms with Gasteiger partial charge in [-0.1, -0.05) is 12.1 Å². The van der Waals surface area contributed by atoms with Gasteiger partial charge in [-0.15, -0.1) is 0 Å². The first-order chi connectivity index (χ1) is 16.9. The smallest absolute Gasteiger partial charge is 0.386 e. The minimum absolute atomic E-state index is 0.0282. The third-order valence-corrected chi connectivity index (χ3v) is 5.24. The summed E-state index contributed by atoms with van der Waals surface area (Å²) >= 11 is 0. The van der Waals surface area contributed by atoms with Crippen molar-refractivity contribution in [1.82, 2.24) is 5.32 Å². The van der Waals surface area contributed by atoms with Gasteiger partial charge in [0.15, 0.2) is 0 Å². The Morgan fingerprint density at radius 3 is 2.47 bits per heavy atom. The van der Waals surface area contributed by atoms with Gasteiger partial charge >= 0.3 is 24.1 Å². The van der Waals surface area contributed by atoms with Gasteiger partial charge in [-0.25, -0.2) is 9.59 Å². The van der Waals surface area contributed by atoms with Crippen LogP contribution < -0.4 is 21.3 Å². The average Bonchev–Trinajstić information content (AvgIpc) is 3.17. The van der Waals surface area contributed by atoms with Crippen molar-refractivity contribution in [3.05, 3.63) is 59.7 Å². The Bertz CT molecular complexity index is 1180. The van der Waals surface area contributed by atoms with Crippen LogP contribution >= 0.6 is 0 Å². The molecule has 1 unspecified atom stereocenters. The van der Waals surface area contributed by atoms with Crippen LogP contribution in [0.5, 0.6) is 0 Å². The topological polar surface area (TPSA) is 155 Å². The SMILES string of the molecule is N=C(N)c1ccc(N2CCC(NC(=O)Nc3cccc(CCC(=O)OC(=O)C(F)(F)F)c3)C2=O)cc1. The number of carbonyl (C=O) groups excluding carboxylic acids is 4. The number of nitrogens with zero attached hydrogens (tertiary/aromatic N) is 1. The summed E-state index contributed by atoms with van der Waals surface area (Å²) in [5.74, 6) is -4.30. The number of nitrogen functional groups attached to an aromatic ring is 1. The van der Waals surface area contributed by atoms with Crippen LogP contribution in [0.4, 0.5) is 29.3 Å². The van der Waals surface area contributed by atoms with Crippen LogP contribution in [0.25, 0.3) is 0 Å². The quantitative estimate of drug-likeness (QED) is 0.196. The highest BCUT2D eigenvalue weighted by Crippen LogP contribution is 2.22. The fourth-order valence-electron chi connectivity index (χ4n) is 3.48. The van der Waals surface area contributed by atoms with Crippen LogP contribution in [-0.2, 0) is 25.5 Å². The number of hydrogen-bond acceptors (Lipinski definition) is 6. The Morgan fingerprint density at radius 1 is 1.14 bits per heavy atom. The second kappa shape index (κ2) is 10.9. The first-order valence-electron chi connectivity index (χ1n) is 10.7. The molecule has 1 fully saturated rings. The Hall–Kier alpha value is -4.42. The molecule has 0 bridgehead atoms. The number of halogens is 3. The van der Waals surface area contributed by atoms with Crippen molar-refractivity contribution in [1.29, 1.82) is 5.41 Å². The summed E-state index contributed by atoms with van der Waals surface area (Å²) in [5, 5.41) is 12.6. The maximum atomic E-state index is 12.7. The molecular weight excluding hydrogens is 483 g/mol. The van der Waals surface area contributed by atoms with Gasteiger partial charge in [-0.3, -0.25) is 15.0 Å². The standard InChI is InChI=1S/C23H22F3N5O5/c24-23(25,26)21(34)36-18(32)9-4-13-2-1-3-15(12-13)29-22(35)30-17-10-11-31(20(17)33)16-7-5-14(6-8-16)19(27)28/h1-3,5-8,12,17H,4,9-11H2,(H3,27,28)(H2,29,30,35). The molecule has 190 valence electrons. The zero-order valence-electron chi connectivity index (χ0n) is 18.7. The fourth-order valence-corrected chi connectivity index (χ4v) is 3.48. The van der Waals surface area contributed by atoms with Gasteiger partial charge in [0, 0.05) is 23.5 Å². The van der Waals surface area contributed by atoms with Crippen LogP contribution in [0, 0.1) is 5.41 Å². The molecule has 2 aromatic carbocycles. The van der Waals surface area contributed by atoms with Gasteiger partial charge in [0.1, 0.15) is 11.9 Å². The minimum Gasteiger partial charge on any atom is -0.386 e. The zero-order chi connectivity index (χ0) is 26.5. The highest BCUT2D eigenvalue weighted by Gasteiger charge is 2.42. The van der Waals surface area contributed by atoms with Crippen molar-refractivity contribution in [2.45, 2.75) is 31.5 Å². The van der Waals surface area contributed by atoms with Crippen molar-refractivity contribution in [3.63, 3.8) is 0 Å². The molecule has 0 spiro atoms. The van der Waals surface area contributed by atoms with E-state index in [9.17, 15) is 32.3 Å². The van der Waals surface area contributed by atoms with Gasteiger partial charge in [0.2, 0.25) is 5.91 Å². The molecule has 1 heterocycles. The van der Waals surface area contributed by atoms with Crippen molar-refractivity contribution >= 4 is 41.1 Å². The number of nitrogens with two attached hydrogens (primary N) is 1. The molecule has 10 nitrogen and oxygen atoms in total. The van der Waals surface area contributed by atoms with E-state index in [1.54, 1.807) is 42.5 Å². The van der Waals surface area contributed by atoms with Gasteiger partial charge < -0.3 is 26.0 Å². The fraction of sp³-hybridized carbons (Fsp3) is 0.261. The van der Waals surface area contributed by atoms with E-state index >= 15 is 0 Å². The monoisotopic (exact) mass is 505 g/mol. The Labute approximate surface area is 203 Å². The summed E-state index contributed by atoms with van der Waals surface area (Å²) in [6.45, 7) is 0.381. The molecule has 3 amide bonds. The van der Waals surface area contributed by atoms with E-state index < -0.39 is 36.6 Å². The number of benzene rings is 2. The average molecular weight is 505 g/mol. The molecule has 0 aliphatic carbocycles. The number of urea groups is 1. The lowest BCUT2D eigenvalue weighted by Crippen LogP contribution is -2.43. The van der Waals surface area contributed by atoms with E-state index in [-0.39, 0.29) is 18.2 Å². The summed E-state index contributed by atoms with van der Waals surface area (Å²) in [6.07, 6.45) is -5.39. The molecule has 0 radical (unpaired) electrons. The van der Waals surface area contributed by atoms with Crippen LogP contribution in [-0.4, -0.2) is 48.5 Å². The van der Waals surface area contributed by atoms with Crippen molar-refractivity contribution in [3.8, 4) is 0 Å². The minimum atomic E-state index is -5.26. The number of rotatable bonds is 7. The normalized spacial score (nSPS) is 15.4. The molecule has 1 saturated heterocycles. The summed E-state index contributed by atoms with van der Waals surface area (Å²) in [7, 11) is 0. The highest BCUT2D eigenvalue weighted by molar-refractivity contribution is 6.03. The Kier molecular flexibility index (Phi) is 7.92. The molecule has 2 aromatic rings. The lowest BCUT2D eigenvalue weighted by Gasteiger charge is -2.18. The molecule has 1 aliphatic heterocycles. The number of alkyl halides is 3. The van der Waals surface area contributed by atoms with Gasteiger partial charge in [-0.05, 0) is 54.8 Å². The molecule has 36 heavy (non-hydrogen) atoms. The van der Waals surface area contributed by atoms with E-state index in [2.05, 4.69) is 15.4 Å². The van der Waals surface area contributed by atoms with E-state index in [4.69, 9.17) is 11.1 Å². The first kappa shape index (κ1) is 26.2. The number of ether oxygens (including phenoxy) is 1. The van der Waals surface area contributed by atoms with E-state index in [0.29, 0.717) is 35.5 Å². The number of anilines is 2. The predicted molar refractivity (Wildman–Crippen MR) is 122 cm³/mol. The largest absolute Gasteiger partial charge is 0.491 e. The maximum absolute atomic E-state index is 12.7. The molecule has 0 aromatic heterocycles. The molecule has 13 heteroatoms. The highest BCUT2D eigenvalue weighted by atomic mass is 19.4. The number of aryl methyl sites for hydroxylation is 1. The third-order valence-electron chi connectivity index (χ3n) is 5.24. The second-order valence-corrected chi connectivity index (χ2v) is 7.85. The van der Waals surface area contributed by atoms with Crippen molar-refractivity contribution < 1.29 is 37.1 Å². The number of nitrogens with one attached hydrogen (secondary N) is 3. The lowest BCUT2D eigenvalue weighted by atomic mass is 10.1. The number of carbonyl (C=O) groups is 4. The molecule has 1 atom stereocenters. The Balaban J connectivity index is 1.51. The van der Waals surface area contributed by atoms with Crippen LogP contribution in [0.15, 0.2) is 48.5 Å². The first-order valence-corrected chi connectivity index (χ1v) is 10.7.